The van der Waals surface area contributed by atoms with Crippen LogP contribution in [0.3, 0.4) is 0 Å². The Morgan fingerprint density at radius 3 is 2.17 bits per heavy atom. The molecule has 0 spiro atoms. The van der Waals surface area contributed by atoms with E-state index in [1.807, 2.05) is 0 Å². The van der Waals surface area contributed by atoms with E-state index < -0.39 is 22.8 Å². The van der Waals surface area contributed by atoms with Gasteiger partial charge in [-0.3, -0.25) is 0 Å². The number of hydrogen-bond donors (Lipinski definition) is 0. The maximum Gasteiger partial charge on any atom is 0.432 e. The summed E-state index contributed by atoms with van der Waals surface area (Å²) in [6.07, 6.45) is -4.77. The van der Waals surface area contributed by atoms with Crippen LogP contribution in [-0.2, 0) is 15.1 Å². The highest BCUT2D eigenvalue weighted by atomic mass is 35.5. The monoisotopic (exact) mass is 278 g/mol. The predicted molar refractivity (Wildman–Crippen MR) is 60.9 cm³/mol. The average molecular weight is 279 g/mol. The lowest BCUT2D eigenvalue weighted by Crippen LogP contribution is -2.43. The fourth-order valence-electron chi connectivity index (χ4n) is 1.28. The quantitative estimate of drug-likeness (QED) is 0.621. The first kappa shape index (κ1) is 14.6. The van der Waals surface area contributed by atoms with Gasteiger partial charge < -0.3 is 4.74 Å². The molecule has 0 saturated carbocycles. The van der Waals surface area contributed by atoms with E-state index in [1.54, 1.807) is 6.07 Å². The van der Waals surface area contributed by atoms with Gasteiger partial charge in [0.15, 0.2) is 0 Å². The lowest BCUT2D eigenvalue weighted by atomic mass is 9.95. The molecule has 0 heterocycles. The second kappa shape index (κ2) is 5.02. The molecule has 0 aliphatic carbocycles. The standard InChI is InChI=1S/C12H10ClF3O2/c1-8(13)10(17)18-11(2,12(14,15)16)9-6-4-3-5-7-9/h3-7H,1H2,2H3. The summed E-state index contributed by atoms with van der Waals surface area (Å²) in [4.78, 5) is 11.2. The van der Waals surface area contributed by atoms with Crippen LogP contribution in [0.25, 0.3) is 0 Å². The summed E-state index contributed by atoms with van der Waals surface area (Å²) < 4.78 is 43.6. The summed E-state index contributed by atoms with van der Waals surface area (Å²) in [5, 5.41) is -0.610. The molecule has 0 aromatic heterocycles. The fourth-order valence-corrected chi connectivity index (χ4v) is 1.32. The van der Waals surface area contributed by atoms with Crippen LogP contribution < -0.4 is 0 Å². The third-order valence-electron chi connectivity index (χ3n) is 2.38. The minimum absolute atomic E-state index is 0.191. The number of benzene rings is 1. The highest BCUT2D eigenvalue weighted by Crippen LogP contribution is 2.42. The minimum atomic E-state index is -4.77. The third kappa shape index (κ3) is 2.85. The molecule has 0 saturated heterocycles. The van der Waals surface area contributed by atoms with Crippen molar-refractivity contribution < 1.29 is 22.7 Å². The Labute approximate surface area is 107 Å². The molecule has 0 aliphatic rings. The van der Waals surface area contributed by atoms with Crippen LogP contribution in [0.4, 0.5) is 13.2 Å². The summed E-state index contributed by atoms with van der Waals surface area (Å²) in [7, 11) is 0. The van der Waals surface area contributed by atoms with E-state index in [1.165, 1.54) is 24.3 Å². The molecule has 1 aromatic carbocycles. The maximum absolute atomic E-state index is 13.1. The number of ether oxygens (including phenoxy) is 1. The highest BCUT2D eigenvalue weighted by molar-refractivity contribution is 6.40. The van der Waals surface area contributed by atoms with Crippen molar-refractivity contribution in [1.82, 2.24) is 0 Å². The number of esters is 1. The van der Waals surface area contributed by atoms with E-state index >= 15 is 0 Å². The molecule has 6 heteroatoms. The Morgan fingerprint density at radius 2 is 1.78 bits per heavy atom. The van der Waals surface area contributed by atoms with E-state index in [0.717, 1.165) is 6.92 Å². The van der Waals surface area contributed by atoms with Crippen LogP contribution >= 0.6 is 11.6 Å². The normalized spacial score (nSPS) is 14.7. The number of carbonyl (C=O) groups is 1. The topological polar surface area (TPSA) is 26.3 Å². The van der Waals surface area contributed by atoms with Gasteiger partial charge >= 0.3 is 12.1 Å². The van der Waals surface area contributed by atoms with Crippen LogP contribution in [0.15, 0.2) is 41.9 Å². The summed E-state index contributed by atoms with van der Waals surface area (Å²) in [6.45, 7) is 3.80. The van der Waals surface area contributed by atoms with Crippen molar-refractivity contribution in [3.63, 3.8) is 0 Å². The van der Waals surface area contributed by atoms with Gasteiger partial charge in [-0.05, 0) is 6.92 Å². The average Bonchev–Trinajstić information content (AvgIpc) is 2.28. The van der Waals surface area contributed by atoms with Crippen molar-refractivity contribution in [3.8, 4) is 0 Å². The van der Waals surface area contributed by atoms with Crippen molar-refractivity contribution in [3.05, 3.63) is 47.5 Å². The van der Waals surface area contributed by atoms with E-state index in [4.69, 9.17) is 11.6 Å². The molecule has 1 unspecified atom stereocenters. The minimum Gasteiger partial charge on any atom is -0.440 e. The Bertz CT molecular complexity index is 456. The largest absolute Gasteiger partial charge is 0.440 e. The molecule has 98 valence electrons. The smallest absolute Gasteiger partial charge is 0.432 e. The predicted octanol–water partition coefficient (Wildman–Crippen LogP) is 3.76. The summed E-state index contributed by atoms with van der Waals surface area (Å²) >= 11 is 5.24. The Balaban J connectivity index is 3.21. The van der Waals surface area contributed by atoms with E-state index in [-0.39, 0.29) is 5.56 Å². The van der Waals surface area contributed by atoms with Crippen molar-refractivity contribution in [2.24, 2.45) is 0 Å². The van der Waals surface area contributed by atoms with Crippen LogP contribution in [-0.4, -0.2) is 12.1 Å². The lowest BCUT2D eigenvalue weighted by molar-refractivity contribution is -0.267. The van der Waals surface area contributed by atoms with Gasteiger partial charge in [0, 0.05) is 5.56 Å². The molecular formula is C12H10ClF3O2. The summed E-state index contributed by atoms with van der Waals surface area (Å²) in [5.41, 5.74) is -2.95. The van der Waals surface area contributed by atoms with Crippen molar-refractivity contribution in [2.45, 2.75) is 18.7 Å². The molecule has 1 atom stereocenters. The fraction of sp³-hybridized carbons (Fsp3) is 0.250. The maximum atomic E-state index is 13.1. The molecule has 1 aromatic rings. The van der Waals surface area contributed by atoms with Gasteiger partial charge in [0.25, 0.3) is 0 Å². The van der Waals surface area contributed by atoms with Gasteiger partial charge in [0.1, 0.15) is 5.03 Å². The zero-order valence-corrected chi connectivity index (χ0v) is 10.2. The van der Waals surface area contributed by atoms with Crippen LogP contribution in [0.5, 0.6) is 0 Å². The number of halogens is 4. The molecule has 2 nitrogen and oxygen atoms in total. The summed E-state index contributed by atoms with van der Waals surface area (Å²) in [5.74, 6) is -1.31. The zero-order valence-electron chi connectivity index (χ0n) is 9.42. The Hall–Kier alpha value is -1.49. The van der Waals surface area contributed by atoms with Gasteiger partial charge in [-0.2, -0.15) is 13.2 Å². The number of alkyl halides is 3. The van der Waals surface area contributed by atoms with Gasteiger partial charge in [0.05, 0.1) is 0 Å². The van der Waals surface area contributed by atoms with E-state index in [2.05, 4.69) is 11.3 Å². The number of carbonyl (C=O) groups excluding carboxylic acids is 1. The van der Waals surface area contributed by atoms with Gasteiger partial charge in [-0.25, -0.2) is 4.79 Å². The lowest BCUT2D eigenvalue weighted by Gasteiger charge is -2.31. The number of rotatable bonds is 3. The van der Waals surface area contributed by atoms with Gasteiger partial charge in [-0.15, -0.1) is 0 Å². The first-order chi connectivity index (χ1) is 8.18. The third-order valence-corrected chi connectivity index (χ3v) is 2.54. The van der Waals surface area contributed by atoms with Crippen LogP contribution in [0, 0.1) is 0 Å². The van der Waals surface area contributed by atoms with Crippen LogP contribution in [0.2, 0.25) is 0 Å². The molecule has 0 N–H and O–H groups in total. The number of hydrogen-bond acceptors (Lipinski definition) is 2. The van der Waals surface area contributed by atoms with Gasteiger partial charge in [0.2, 0.25) is 5.60 Å². The van der Waals surface area contributed by atoms with Gasteiger partial charge in [-0.1, -0.05) is 48.5 Å². The van der Waals surface area contributed by atoms with Crippen LogP contribution in [0.1, 0.15) is 12.5 Å². The molecular weight excluding hydrogens is 269 g/mol. The Kier molecular flexibility index (Phi) is 4.06. The van der Waals surface area contributed by atoms with E-state index in [9.17, 15) is 18.0 Å². The molecule has 1 rings (SSSR count). The highest BCUT2D eigenvalue weighted by Gasteiger charge is 2.56. The molecule has 0 aliphatic heterocycles. The molecule has 18 heavy (non-hydrogen) atoms. The zero-order chi connectivity index (χ0) is 14.0. The first-order valence-electron chi connectivity index (χ1n) is 4.88. The van der Waals surface area contributed by atoms with Crippen molar-refractivity contribution >= 4 is 17.6 Å². The molecule has 0 radical (unpaired) electrons. The van der Waals surface area contributed by atoms with Crippen molar-refractivity contribution in [1.29, 1.82) is 0 Å². The van der Waals surface area contributed by atoms with Crippen molar-refractivity contribution in [2.75, 3.05) is 0 Å². The molecule has 0 bridgehead atoms. The second-order valence-corrected chi connectivity index (χ2v) is 4.15. The molecule has 0 fully saturated rings. The Morgan fingerprint density at radius 1 is 1.28 bits per heavy atom. The summed E-state index contributed by atoms with van der Waals surface area (Å²) in [6, 6.07) is 6.84. The second-order valence-electron chi connectivity index (χ2n) is 3.69. The molecule has 0 amide bonds. The van der Waals surface area contributed by atoms with E-state index in [0.29, 0.717) is 0 Å². The first-order valence-corrected chi connectivity index (χ1v) is 5.26. The SMILES string of the molecule is C=C(Cl)C(=O)OC(C)(c1ccccc1)C(F)(F)F.